The molecule has 0 aliphatic heterocycles. The fourth-order valence-electron chi connectivity index (χ4n) is 1.49. The van der Waals surface area contributed by atoms with E-state index in [0.29, 0.717) is 12.1 Å². The summed E-state index contributed by atoms with van der Waals surface area (Å²) in [5, 5.41) is 7.70. The predicted octanol–water partition coefficient (Wildman–Crippen LogP) is 2.09. The molecular weight excluding hydrogens is 220 g/mol. The van der Waals surface area contributed by atoms with Gasteiger partial charge in [0.25, 0.3) is 0 Å². The minimum Gasteiger partial charge on any atom is -0.307 e. The second kappa shape index (κ2) is 6.91. The molecule has 1 rings (SSSR count). The lowest BCUT2D eigenvalue weighted by Gasteiger charge is -2.14. The number of nitrogens with one attached hydrogen (secondary N) is 1. The molecule has 1 N–H and O–H groups in total. The molecule has 5 heteroatoms. The molecule has 0 spiro atoms. The number of hydrogen-bond donors (Lipinski definition) is 1. The normalized spacial score (nSPS) is 13.3. The molecule has 0 fully saturated rings. The van der Waals surface area contributed by atoms with E-state index in [9.17, 15) is 0 Å². The van der Waals surface area contributed by atoms with Crippen molar-refractivity contribution in [1.29, 1.82) is 0 Å². The van der Waals surface area contributed by atoms with E-state index < -0.39 is 0 Å². The third-order valence-corrected chi connectivity index (χ3v) is 3.14. The van der Waals surface area contributed by atoms with Crippen molar-refractivity contribution in [3.05, 3.63) is 12.2 Å². The van der Waals surface area contributed by atoms with Gasteiger partial charge in [0.05, 0.1) is 6.54 Å². The van der Waals surface area contributed by atoms with Crippen LogP contribution in [-0.2, 0) is 6.54 Å². The van der Waals surface area contributed by atoms with Crippen LogP contribution >= 0.6 is 11.8 Å². The largest absolute Gasteiger partial charge is 0.307 e. The summed E-state index contributed by atoms with van der Waals surface area (Å²) in [4.78, 5) is 4.27. The Morgan fingerprint density at radius 1 is 1.44 bits per heavy atom. The van der Waals surface area contributed by atoms with E-state index in [1.807, 2.05) is 16.4 Å². The molecule has 0 saturated heterocycles. The first kappa shape index (κ1) is 13.5. The zero-order chi connectivity index (χ0) is 12.0. The summed E-state index contributed by atoms with van der Waals surface area (Å²) in [7, 11) is 0. The first-order valence-corrected chi connectivity index (χ1v) is 7.15. The van der Waals surface area contributed by atoms with Crippen LogP contribution in [0, 0.1) is 0 Å². The smallest absolute Gasteiger partial charge is 0.141 e. The lowest BCUT2D eigenvalue weighted by Crippen LogP contribution is -2.28. The van der Waals surface area contributed by atoms with Crippen molar-refractivity contribution >= 4 is 11.8 Å². The van der Waals surface area contributed by atoms with Crippen LogP contribution in [0.15, 0.2) is 6.33 Å². The van der Waals surface area contributed by atoms with Crippen molar-refractivity contribution in [3.63, 3.8) is 0 Å². The summed E-state index contributed by atoms with van der Waals surface area (Å²) in [5.74, 6) is 2.22. The molecule has 1 heterocycles. The van der Waals surface area contributed by atoms with Crippen LogP contribution in [0.25, 0.3) is 0 Å². The van der Waals surface area contributed by atoms with E-state index in [1.165, 1.54) is 12.2 Å². The van der Waals surface area contributed by atoms with Gasteiger partial charge in [-0.1, -0.05) is 0 Å². The van der Waals surface area contributed by atoms with Crippen molar-refractivity contribution < 1.29 is 0 Å². The molecule has 0 aromatic carbocycles. The lowest BCUT2D eigenvalue weighted by atomic mass is 10.2. The highest BCUT2D eigenvalue weighted by Gasteiger charge is 2.08. The maximum absolute atomic E-state index is 4.27. The Labute approximate surface area is 102 Å². The van der Waals surface area contributed by atoms with Crippen LogP contribution in [0.2, 0.25) is 0 Å². The second-order valence-corrected chi connectivity index (χ2v) is 5.26. The molecule has 1 aromatic rings. The minimum atomic E-state index is 0.376. The molecule has 92 valence electrons. The first-order chi connectivity index (χ1) is 7.65. The Morgan fingerprint density at radius 2 is 2.19 bits per heavy atom. The van der Waals surface area contributed by atoms with Crippen molar-refractivity contribution in [1.82, 2.24) is 20.1 Å². The van der Waals surface area contributed by atoms with Gasteiger partial charge in [0.2, 0.25) is 0 Å². The van der Waals surface area contributed by atoms with E-state index in [0.717, 1.165) is 12.4 Å². The SMILES string of the molecule is CSCCC(C)NCc1ncnn1C(C)C. The Kier molecular flexibility index (Phi) is 5.84. The van der Waals surface area contributed by atoms with Crippen molar-refractivity contribution in [3.8, 4) is 0 Å². The van der Waals surface area contributed by atoms with Crippen molar-refractivity contribution in [2.45, 2.75) is 45.8 Å². The number of aromatic nitrogens is 3. The minimum absolute atomic E-state index is 0.376. The third kappa shape index (κ3) is 4.14. The Bertz CT molecular complexity index is 298. The van der Waals surface area contributed by atoms with E-state index in [2.05, 4.69) is 42.4 Å². The summed E-state index contributed by atoms with van der Waals surface area (Å²) in [6, 6.07) is 0.908. The zero-order valence-corrected chi connectivity index (χ0v) is 11.4. The molecule has 0 radical (unpaired) electrons. The molecule has 4 nitrogen and oxygen atoms in total. The molecule has 16 heavy (non-hydrogen) atoms. The topological polar surface area (TPSA) is 42.7 Å². The number of thioether (sulfide) groups is 1. The number of hydrogen-bond acceptors (Lipinski definition) is 4. The first-order valence-electron chi connectivity index (χ1n) is 5.75. The molecule has 1 aromatic heterocycles. The Morgan fingerprint density at radius 3 is 2.81 bits per heavy atom. The maximum atomic E-state index is 4.27. The predicted molar refractivity (Wildman–Crippen MR) is 69.7 cm³/mol. The summed E-state index contributed by atoms with van der Waals surface area (Å²) >= 11 is 1.89. The molecule has 0 aliphatic rings. The van der Waals surface area contributed by atoms with E-state index in [1.54, 1.807) is 6.33 Å². The van der Waals surface area contributed by atoms with Crippen LogP contribution in [0.3, 0.4) is 0 Å². The Balaban J connectivity index is 2.39. The van der Waals surface area contributed by atoms with Crippen LogP contribution in [-0.4, -0.2) is 32.8 Å². The highest BCUT2D eigenvalue weighted by Crippen LogP contribution is 2.06. The van der Waals surface area contributed by atoms with Gasteiger partial charge < -0.3 is 5.32 Å². The third-order valence-electron chi connectivity index (χ3n) is 2.50. The molecular formula is C11H22N4S. The fourth-order valence-corrected chi connectivity index (χ4v) is 2.08. The molecule has 0 amide bonds. The van der Waals surface area contributed by atoms with Crippen molar-refractivity contribution in [2.24, 2.45) is 0 Å². The van der Waals surface area contributed by atoms with Crippen LogP contribution in [0.5, 0.6) is 0 Å². The molecule has 1 atom stereocenters. The van der Waals surface area contributed by atoms with Crippen LogP contribution in [0.4, 0.5) is 0 Å². The lowest BCUT2D eigenvalue weighted by molar-refractivity contribution is 0.465. The highest BCUT2D eigenvalue weighted by atomic mass is 32.2. The van der Waals surface area contributed by atoms with Gasteiger partial charge in [-0.25, -0.2) is 9.67 Å². The number of rotatable bonds is 7. The molecule has 0 aliphatic carbocycles. The summed E-state index contributed by atoms with van der Waals surface area (Å²) in [6.45, 7) is 7.25. The maximum Gasteiger partial charge on any atom is 0.141 e. The molecule has 0 bridgehead atoms. The van der Waals surface area contributed by atoms with Crippen molar-refractivity contribution in [2.75, 3.05) is 12.0 Å². The van der Waals surface area contributed by atoms with Gasteiger partial charge >= 0.3 is 0 Å². The second-order valence-electron chi connectivity index (χ2n) is 4.28. The van der Waals surface area contributed by atoms with Gasteiger partial charge in [0.15, 0.2) is 0 Å². The summed E-state index contributed by atoms with van der Waals surface area (Å²) in [5.41, 5.74) is 0. The van der Waals surface area contributed by atoms with E-state index >= 15 is 0 Å². The quantitative estimate of drug-likeness (QED) is 0.795. The van der Waals surface area contributed by atoms with Gasteiger partial charge in [-0.2, -0.15) is 16.9 Å². The highest BCUT2D eigenvalue weighted by molar-refractivity contribution is 7.98. The van der Waals surface area contributed by atoms with E-state index in [4.69, 9.17) is 0 Å². The van der Waals surface area contributed by atoms with Gasteiger partial charge in [-0.3, -0.25) is 0 Å². The van der Waals surface area contributed by atoms with Gasteiger partial charge in [0, 0.05) is 12.1 Å². The standard InChI is InChI=1S/C11H22N4S/c1-9(2)15-11(13-8-14-15)7-12-10(3)5-6-16-4/h8-10,12H,5-7H2,1-4H3. The molecule has 1 unspecified atom stereocenters. The summed E-state index contributed by atoms with van der Waals surface area (Å²) < 4.78 is 1.97. The fraction of sp³-hybridized carbons (Fsp3) is 0.818. The van der Waals surface area contributed by atoms with E-state index in [-0.39, 0.29) is 0 Å². The average Bonchev–Trinajstić information content (AvgIpc) is 2.71. The van der Waals surface area contributed by atoms with Crippen LogP contribution < -0.4 is 5.32 Å². The monoisotopic (exact) mass is 242 g/mol. The van der Waals surface area contributed by atoms with Crippen LogP contribution in [0.1, 0.15) is 39.1 Å². The average molecular weight is 242 g/mol. The zero-order valence-electron chi connectivity index (χ0n) is 10.6. The Hall–Kier alpha value is -0.550. The molecule has 0 saturated carbocycles. The number of nitrogens with zero attached hydrogens (tertiary/aromatic N) is 3. The van der Waals surface area contributed by atoms with Gasteiger partial charge in [0.1, 0.15) is 12.2 Å². The van der Waals surface area contributed by atoms with Gasteiger partial charge in [-0.15, -0.1) is 0 Å². The van der Waals surface area contributed by atoms with Gasteiger partial charge in [-0.05, 0) is 39.2 Å². The summed E-state index contributed by atoms with van der Waals surface area (Å²) in [6.07, 6.45) is 4.96.